The molecule has 0 saturated heterocycles. The van der Waals surface area contributed by atoms with E-state index in [0.29, 0.717) is 11.3 Å². The number of carbonyl (C=O) groups excluding carboxylic acids is 2. The largest absolute Gasteiger partial charge is 0.326 e. The van der Waals surface area contributed by atoms with E-state index in [2.05, 4.69) is 25.2 Å². The molecule has 0 bridgehead atoms. The van der Waals surface area contributed by atoms with Gasteiger partial charge in [-0.1, -0.05) is 24.3 Å². The van der Waals surface area contributed by atoms with Gasteiger partial charge in [0, 0.05) is 18.2 Å². The van der Waals surface area contributed by atoms with Crippen molar-refractivity contribution in [1.82, 2.24) is 0 Å². The summed E-state index contributed by atoms with van der Waals surface area (Å²) in [5.41, 5.74) is 4.28. The fourth-order valence-electron chi connectivity index (χ4n) is 3.22. The quantitative estimate of drug-likeness (QED) is 0.858. The van der Waals surface area contributed by atoms with Crippen LogP contribution in [0.4, 0.5) is 5.69 Å². The van der Waals surface area contributed by atoms with Crippen LogP contribution in [-0.2, 0) is 11.2 Å². The minimum Gasteiger partial charge on any atom is -0.326 e. The van der Waals surface area contributed by atoms with E-state index in [9.17, 15) is 9.59 Å². The average molecular weight is 334 g/mol. The highest BCUT2D eigenvalue weighted by Gasteiger charge is 2.27. The molecule has 1 aliphatic rings. The first kappa shape index (κ1) is 17.1. The van der Waals surface area contributed by atoms with E-state index in [1.807, 2.05) is 18.2 Å². The second-order valence-corrected chi connectivity index (χ2v) is 7.06. The third kappa shape index (κ3) is 4.02. The molecule has 4 nitrogen and oxygen atoms in total. The molecule has 4 heteroatoms. The Morgan fingerprint density at radius 2 is 1.76 bits per heavy atom. The SMILES string of the molecule is CC(=O)Nc1ccc(C(=O)CC2=NC(C)(C)Cc3ccccc32)cc1. The molecule has 1 N–H and O–H groups in total. The Hall–Kier alpha value is -2.75. The van der Waals surface area contributed by atoms with Crippen molar-refractivity contribution in [2.45, 2.75) is 39.2 Å². The molecule has 3 rings (SSSR count). The number of benzene rings is 2. The lowest BCUT2D eigenvalue weighted by atomic mass is 9.85. The van der Waals surface area contributed by atoms with Crippen molar-refractivity contribution in [1.29, 1.82) is 0 Å². The second kappa shape index (κ2) is 6.63. The Balaban J connectivity index is 1.82. The van der Waals surface area contributed by atoms with Crippen molar-refractivity contribution in [3.63, 3.8) is 0 Å². The van der Waals surface area contributed by atoms with Gasteiger partial charge in [-0.2, -0.15) is 0 Å². The van der Waals surface area contributed by atoms with Gasteiger partial charge < -0.3 is 5.32 Å². The number of aliphatic imine (C=N–C) groups is 1. The summed E-state index contributed by atoms with van der Waals surface area (Å²) in [6, 6.07) is 15.1. The molecule has 128 valence electrons. The summed E-state index contributed by atoms with van der Waals surface area (Å²) >= 11 is 0. The number of ketones is 1. The number of carbonyl (C=O) groups is 2. The predicted molar refractivity (Wildman–Crippen MR) is 100 cm³/mol. The molecule has 1 heterocycles. The fourth-order valence-corrected chi connectivity index (χ4v) is 3.22. The first-order valence-corrected chi connectivity index (χ1v) is 8.42. The topological polar surface area (TPSA) is 58.5 Å². The first-order chi connectivity index (χ1) is 11.8. The molecule has 2 aromatic carbocycles. The predicted octanol–water partition coefficient (Wildman–Crippen LogP) is 4.04. The number of nitrogens with zero attached hydrogens (tertiary/aromatic N) is 1. The number of anilines is 1. The van der Waals surface area contributed by atoms with Crippen LogP contribution in [-0.4, -0.2) is 22.9 Å². The summed E-state index contributed by atoms with van der Waals surface area (Å²) in [4.78, 5) is 28.6. The molecule has 25 heavy (non-hydrogen) atoms. The monoisotopic (exact) mass is 334 g/mol. The van der Waals surface area contributed by atoms with Gasteiger partial charge in [0.1, 0.15) is 0 Å². The molecule has 0 spiro atoms. The maximum Gasteiger partial charge on any atom is 0.221 e. The lowest BCUT2D eigenvalue weighted by Gasteiger charge is -2.29. The smallest absolute Gasteiger partial charge is 0.221 e. The Bertz CT molecular complexity index is 848. The van der Waals surface area contributed by atoms with Crippen LogP contribution in [0.1, 0.15) is 48.7 Å². The third-order valence-corrected chi connectivity index (χ3v) is 4.24. The molecule has 0 saturated carbocycles. The molecule has 1 amide bonds. The summed E-state index contributed by atoms with van der Waals surface area (Å²) < 4.78 is 0. The van der Waals surface area contributed by atoms with E-state index in [0.717, 1.165) is 17.7 Å². The van der Waals surface area contributed by atoms with Crippen LogP contribution < -0.4 is 5.32 Å². The number of amides is 1. The lowest BCUT2D eigenvalue weighted by Crippen LogP contribution is -2.29. The van der Waals surface area contributed by atoms with E-state index >= 15 is 0 Å². The number of hydrogen-bond donors (Lipinski definition) is 1. The zero-order chi connectivity index (χ0) is 18.0. The Labute approximate surface area is 148 Å². The highest BCUT2D eigenvalue weighted by molar-refractivity contribution is 6.16. The summed E-state index contributed by atoms with van der Waals surface area (Å²) in [5, 5.41) is 2.70. The molecular formula is C21H22N2O2. The molecular weight excluding hydrogens is 312 g/mol. The average Bonchev–Trinajstić information content (AvgIpc) is 2.54. The van der Waals surface area contributed by atoms with Gasteiger partial charge in [-0.15, -0.1) is 0 Å². The first-order valence-electron chi connectivity index (χ1n) is 8.42. The minimum absolute atomic E-state index is 0.0284. The maximum atomic E-state index is 12.7. The van der Waals surface area contributed by atoms with Gasteiger partial charge in [-0.25, -0.2) is 0 Å². The Kier molecular flexibility index (Phi) is 4.53. The molecule has 0 atom stereocenters. The van der Waals surface area contributed by atoms with E-state index in [1.165, 1.54) is 12.5 Å². The maximum absolute atomic E-state index is 12.7. The van der Waals surface area contributed by atoms with Gasteiger partial charge in [0.15, 0.2) is 5.78 Å². The number of Topliss-reactive ketones (excluding diaryl/α,β-unsaturated/α-hetero) is 1. The standard InChI is InChI=1S/C21H22N2O2/c1-14(24)22-17-10-8-15(9-11-17)20(25)12-19-18-7-5-4-6-16(18)13-21(2,3)23-19/h4-11H,12-13H2,1-3H3,(H,22,24). The number of hydrogen-bond acceptors (Lipinski definition) is 3. The highest BCUT2D eigenvalue weighted by Crippen LogP contribution is 2.28. The molecule has 0 aromatic heterocycles. The molecule has 1 aliphatic heterocycles. The van der Waals surface area contributed by atoms with Crippen LogP contribution >= 0.6 is 0 Å². The van der Waals surface area contributed by atoms with Crippen molar-refractivity contribution < 1.29 is 9.59 Å². The highest BCUT2D eigenvalue weighted by atomic mass is 16.1. The van der Waals surface area contributed by atoms with Gasteiger partial charge in [-0.05, 0) is 55.7 Å². The van der Waals surface area contributed by atoms with Crippen LogP contribution in [0.2, 0.25) is 0 Å². The van der Waals surface area contributed by atoms with Gasteiger partial charge in [-0.3, -0.25) is 14.6 Å². The summed E-state index contributed by atoms with van der Waals surface area (Å²) in [6.45, 7) is 5.64. The van der Waals surface area contributed by atoms with E-state index in [1.54, 1.807) is 24.3 Å². The zero-order valence-electron chi connectivity index (χ0n) is 14.8. The molecule has 0 radical (unpaired) electrons. The second-order valence-electron chi connectivity index (χ2n) is 7.06. The van der Waals surface area contributed by atoms with E-state index in [-0.39, 0.29) is 23.7 Å². The normalized spacial score (nSPS) is 15.1. The molecule has 0 fully saturated rings. The van der Waals surface area contributed by atoms with Crippen molar-refractivity contribution in [3.05, 3.63) is 65.2 Å². The van der Waals surface area contributed by atoms with Crippen LogP contribution in [0.25, 0.3) is 0 Å². The van der Waals surface area contributed by atoms with Crippen molar-refractivity contribution in [2.75, 3.05) is 5.32 Å². The van der Waals surface area contributed by atoms with Crippen molar-refractivity contribution in [2.24, 2.45) is 4.99 Å². The summed E-state index contributed by atoms with van der Waals surface area (Å²) in [5.74, 6) is -0.102. The van der Waals surface area contributed by atoms with Crippen LogP contribution in [0.3, 0.4) is 0 Å². The number of rotatable bonds is 4. The zero-order valence-corrected chi connectivity index (χ0v) is 14.8. The Morgan fingerprint density at radius 1 is 1.08 bits per heavy atom. The van der Waals surface area contributed by atoms with Gasteiger partial charge in [0.2, 0.25) is 5.91 Å². The van der Waals surface area contributed by atoms with Crippen LogP contribution in [0.5, 0.6) is 0 Å². The number of fused-ring (bicyclic) bond motifs is 1. The Morgan fingerprint density at radius 3 is 2.44 bits per heavy atom. The van der Waals surface area contributed by atoms with E-state index in [4.69, 9.17) is 4.99 Å². The minimum atomic E-state index is -0.195. The fraction of sp³-hybridized carbons (Fsp3) is 0.286. The molecule has 0 unspecified atom stereocenters. The van der Waals surface area contributed by atoms with Gasteiger partial charge in [0.05, 0.1) is 17.7 Å². The van der Waals surface area contributed by atoms with Crippen molar-refractivity contribution >= 4 is 23.1 Å². The molecule has 2 aromatic rings. The van der Waals surface area contributed by atoms with Crippen LogP contribution in [0.15, 0.2) is 53.5 Å². The molecule has 0 aliphatic carbocycles. The van der Waals surface area contributed by atoms with Gasteiger partial charge >= 0.3 is 0 Å². The summed E-state index contributed by atoms with van der Waals surface area (Å²) in [7, 11) is 0. The van der Waals surface area contributed by atoms with Crippen LogP contribution in [0, 0.1) is 0 Å². The number of nitrogens with one attached hydrogen (secondary N) is 1. The van der Waals surface area contributed by atoms with Crippen molar-refractivity contribution in [3.8, 4) is 0 Å². The lowest BCUT2D eigenvalue weighted by molar-refractivity contribution is -0.114. The van der Waals surface area contributed by atoms with E-state index < -0.39 is 0 Å². The summed E-state index contributed by atoms with van der Waals surface area (Å²) in [6.07, 6.45) is 1.16. The van der Waals surface area contributed by atoms with Gasteiger partial charge in [0.25, 0.3) is 0 Å². The third-order valence-electron chi connectivity index (χ3n) is 4.24.